The second-order valence-corrected chi connectivity index (χ2v) is 11.5. The van der Waals surface area contributed by atoms with Gasteiger partial charge in [-0.25, -0.2) is 4.98 Å². The molecule has 0 N–H and O–H groups in total. The van der Waals surface area contributed by atoms with E-state index in [1.807, 2.05) is 18.5 Å². The van der Waals surface area contributed by atoms with Crippen LogP contribution in [0.25, 0.3) is 11.0 Å². The van der Waals surface area contributed by atoms with Crippen molar-refractivity contribution in [2.75, 3.05) is 5.33 Å². The van der Waals surface area contributed by atoms with Crippen LogP contribution in [0.5, 0.6) is 0 Å². The molecule has 98 valence electrons. The highest BCUT2D eigenvalue weighted by Crippen LogP contribution is 2.17. The van der Waals surface area contributed by atoms with E-state index in [4.69, 9.17) is 4.74 Å². The highest BCUT2D eigenvalue weighted by atomic mass is 79.9. The average molecular weight is 327 g/mol. The molecule has 0 aliphatic carbocycles. The number of hydrogen-bond donors (Lipinski definition) is 0. The summed E-state index contributed by atoms with van der Waals surface area (Å²) in [5.74, 6) is 0. The molecular formula is C13H19BrN2OSi. The molecule has 0 fully saturated rings. The first-order valence-corrected chi connectivity index (χ1v) is 10.8. The van der Waals surface area contributed by atoms with Crippen LogP contribution in [-0.4, -0.2) is 28.7 Å². The second-order valence-electron chi connectivity index (χ2n) is 5.51. The Balaban J connectivity index is 2.10. The third-order valence-electron chi connectivity index (χ3n) is 3.04. The zero-order chi connectivity index (χ0) is 13.2. The summed E-state index contributed by atoms with van der Waals surface area (Å²) in [5, 5.41) is 2.06. The summed E-state index contributed by atoms with van der Waals surface area (Å²) in [5.41, 5.74) is 1.31. The Kier molecular flexibility index (Phi) is 4.24. The van der Waals surface area contributed by atoms with Gasteiger partial charge in [0, 0.05) is 23.1 Å². The first kappa shape index (κ1) is 13.8. The molecule has 0 amide bonds. The molecule has 5 heteroatoms. The molecule has 1 atom stereocenters. The molecule has 1 unspecified atom stereocenters. The molecular weight excluding hydrogens is 308 g/mol. The summed E-state index contributed by atoms with van der Waals surface area (Å²) in [7, 11) is -1.29. The van der Waals surface area contributed by atoms with Crippen molar-refractivity contribution in [3.05, 3.63) is 30.6 Å². The van der Waals surface area contributed by atoms with E-state index in [1.165, 1.54) is 0 Å². The van der Waals surface area contributed by atoms with Crippen LogP contribution < -0.4 is 0 Å². The van der Waals surface area contributed by atoms with E-state index in [9.17, 15) is 0 Å². The number of halogens is 1. The van der Waals surface area contributed by atoms with Gasteiger partial charge in [0.1, 0.15) is 12.4 Å². The fraction of sp³-hybridized carbons (Fsp3) is 0.462. The molecule has 0 aliphatic heterocycles. The highest BCUT2D eigenvalue weighted by Gasteiger charge is 2.26. The molecule has 0 spiro atoms. The summed E-state index contributed by atoms with van der Waals surface area (Å²) in [4.78, 5) is 4.39. The number of alkyl halides is 1. The topological polar surface area (TPSA) is 27.1 Å². The van der Waals surface area contributed by atoms with E-state index >= 15 is 0 Å². The maximum absolute atomic E-state index is 6.05. The van der Waals surface area contributed by atoms with Crippen molar-refractivity contribution in [1.29, 1.82) is 0 Å². The normalized spacial score (nSPS) is 14.0. The highest BCUT2D eigenvalue weighted by molar-refractivity contribution is 9.09. The van der Waals surface area contributed by atoms with E-state index in [-0.39, 0.29) is 0 Å². The van der Waals surface area contributed by atoms with Crippen molar-refractivity contribution in [2.24, 2.45) is 0 Å². The molecule has 2 rings (SSSR count). The van der Waals surface area contributed by atoms with E-state index in [1.54, 1.807) is 0 Å². The minimum Gasteiger partial charge on any atom is -0.360 e. The Morgan fingerprint density at radius 1 is 1.39 bits per heavy atom. The quantitative estimate of drug-likeness (QED) is 0.619. The van der Waals surface area contributed by atoms with E-state index in [0.717, 1.165) is 16.4 Å². The predicted molar refractivity (Wildman–Crippen MR) is 81.7 cm³/mol. The molecule has 0 saturated heterocycles. The number of rotatable bonds is 5. The summed E-state index contributed by atoms with van der Waals surface area (Å²) in [6.45, 7) is 7.54. The summed E-state index contributed by atoms with van der Waals surface area (Å²) in [6, 6.07) is 6.10. The summed E-state index contributed by atoms with van der Waals surface area (Å²) in [6.07, 6.45) is 3.85. The van der Waals surface area contributed by atoms with Crippen LogP contribution in [0.3, 0.4) is 0 Å². The number of ether oxygens (including phenoxy) is 1. The molecule has 0 aliphatic rings. The number of nitrogens with zero attached hydrogens (tertiary/aromatic N) is 2. The second kappa shape index (κ2) is 5.55. The SMILES string of the molecule is C[Si](C)(C)C(CBr)OCn1ccc2cccnc21. The number of pyridine rings is 1. The smallest absolute Gasteiger partial charge is 0.141 e. The Hall–Kier alpha value is -0.653. The number of fused-ring (bicyclic) bond motifs is 1. The first-order valence-electron chi connectivity index (χ1n) is 6.10. The summed E-state index contributed by atoms with van der Waals surface area (Å²) < 4.78 is 8.11. The fourth-order valence-corrected chi connectivity index (χ4v) is 5.96. The van der Waals surface area contributed by atoms with Crippen LogP contribution in [0.15, 0.2) is 30.6 Å². The largest absolute Gasteiger partial charge is 0.360 e. The Labute approximate surface area is 117 Å². The molecule has 18 heavy (non-hydrogen) atoms. The van der Waals surface area contributed by atoms with Gasteiger partial charge >= 0.3 is 0 Å². The van der Waals surface area contributed by atoms with E-state index in [2.05, 4.69) is 57.3 Å². The molecule has 2 heterocycles. The lowest BCUT2D eigenvalue weighted by molar-refractivity contribution is 0.0620. The number of aromatic nitrogens is 2. The zero-order valence-corrected chi connectivity index (χ0v) is 13.6. The van der Waals surface area contributed by atoms with Crippen LogP contribution in [0.4, 0.5) is 0 Å². The Bertz CT molecular complexity index is 521. The van der Waals surface area contributed by atoms with Gasteiger partial charge in [0.15, 0.2) is 0 Å². The van der Waals surface area contributed by atoms with Gasteiger partial charge in [-0.05, 0) is 18.2 Å². The maximum atomic E-state index is 6.05. The minimum absolute atomic E-state index is 0.318. The van der Waals surface area contributed by atoms with Crippen molar-refractivity contribution >= 4 is 35.0 Å². The first-order chi connectivity index (χ1) is 8.52. The lowest BCUT2D eigenvalue weighted by atomic mass is 10.3. The van der Waals surface area contributed by atoms with Gasteiger partial charge in [0.05, 0.1) is 13.8 Å². The molecule has 2 aromatic heterocycles. The van der Waals surface area contributed by atoms with Crippen molar-refractivity contribution in [3.63, 3.8) is 0 Å². The van der Waals surface area contributed by atoms with Crippen LogP contribution in [0, 0.1) is 0 Å². The number of hydrogen-bond acceptors (Lipinski definition) is 2. The van der Waals surface area contributed by atoms with Gasteiger partial charge in [-0.15, -0.1) is 0 Å². The molecule has 0 radical (unpaired) electrons. The monoisotopic (exact) mass is 326 g/mol. The van der Waals surface area contributed by atoms with E-state index in [0.29, 0.717) is 12.5 Å². The van der Waals surface area contributed by atoms with E-state index < -0.39 is 8.07 Å². The maximum Gasteiger partial charge on any atom is 0.141 e. The summed E-state index contributed by atoms with van der Waals surface area (Å²) >= 11 is 3.55. The third-order valence-corrected chi connectivity index (χ3v) is 6.53. The van der Waals surface area contributed by atoms with Gasteiger partial charge in [-0.3, -0.25) is 0 Å². The standard InChI is InChI=1S/C13H19BrN2OSi/c1-18(2,3)12(9-14)17-10-16-8-6-11-5-4-7-15-13(11)16/h4-8,12H,9-10H2,1-3H3. The van der Waals surface area contributed by atoms with Gasteiger partial charge in [-0.2, -0.15) is 0 Å². The third kappa shape index (κ3) is 3.02. The minimum atomic E-state index is -1.29. The Morgan fingerprint density at radius 2 is 2.17 bits per heavy atom. The fourth-order valence-electron chi connectivity index (χ4n) is 1.82. The van der Waals surface area contributed by atoms with Crippen LogP contribution in [0.2, 0.25) is 19.6 Å². The predicted octanol–water partition coefficient (Wildman–Crippen LogP) is 3.65. The van der Waals surface area contributed by atoms with Crippen molar-refractivity contribution in [3.8, 4) is 0 Å². The lowest BCUT2D eigenvalue weighted by Crippen LogP contribution is -2.41. The van der Waals surface area contributed by atoms with Crippen molar-refractivity contribution < 1.29 is 4.74 Å². The van der Waals surface area contributed by atoms with Gasteiger partial charge < -0.3 is 9.30 Å². The van der Waals surface area contributed by atoms with Crippen molar-refractivity contribution in [1.82, 2.24) is 9.55 Å². The lowest BCUT2D eigenvalue weighted by Gasteiger charge is -2.27. The van der Waals surface area contributed by atoms with Crippen LogP contribution >= 0.6 is 15.9 Å². The van der Waals surface area contributed by atoms with Crippen molar-refractivity contribution in [2.45, 2.75) is 32.1 Å². The molecule has 0 saturated carbocycles. The molecule has 0 bridgehead atoms. The van der Waals surface area contributed by atoms with Gasteiger partial charge in [0.25, 0.3) is 0 Å². The Morgan fingerprint density at radius 3 is 2.83 bits per heavy atom. The molecule has 2 aromatic rings. The molecule has 3 nitrogen and oxygen atoms in total. The van der Waals surface area contributed by atoms with Crippen LogP contribution in [-0.2, 0) is 11.5 Å². The van der Waals surface area contributed by atoms with Crippen LogP contribution in [0.1, 0.15) is 0 Å². The van der Waals surface area contributed by atoms with Gasteiger partial charge in [-0.1, -0.05) is 35.6 Å². The zero-order valence-electron chi connectivity index (χ0n) is 11.1. The molecule has 0 aromatic carbocycles. The average Bonchev–Trinajstić information content (AvgIpc) is 2.72. The van der Waals surface area contributed by atoms with Gasteiger partial charge in [0.2, 0.25) is 0 Å².